The Bertz CT molecular complexity index is 3220. The van der Waals surface area contributed by atoms with Crippen molar-refractivity contribution in [3.63, 3.8) is 0 Å². The SMILES string of the molecule is c1ccc(-c2cc(-c3cccc(-c4ccc(-c5nc(-c6cccc7ccccc67)cc(-c6cccc7ccccc67)n5)cc4)c3)c3c(ccc4ccccc43)n2)cc1. The molecule has 0 saturated heterocycles. The molecule has 3 nitrogen and oxygen atoms in total. The number of rotatable bonds is 6. The molecule has 9 aromatic carbocycles. The number of aromatic nitrogens is 3. The zero-order valence-electron chi connectivity index (χ0n) is 31.5. The maximum atomic E-state index is 5.26. The largest absolute Gasteiger partial charge is 0.248 e. The highest BCUT2D eigenvalue weighted by atomic mass is 14.9. The maximum absolute atomic E-state index is 5.26. The molecular weight excluding hydrogens is 703 g/mol. The minimum atomic E-state index is 0.692. The summed E-state index contributed by atoms with van der Waals surface area (Å²) < 4.78 is 0. The van der Waals surface area contributed by atoms with Crippen molar-refractivity contribution in [3.8, 4) is 67.4 Å². The molecule has 0 spiro atoms. The molecule has 58 heavy (non-hydrogen) atoms. The van der Waals surface area contributed by atoms with Crippen molar-refractivity contribution >= 4 is 43.2 Å². The first-order valence-corrected chi connectivity index (χ1v) is 19.7. The minimum Gasteiger partial charge on any atom is -0.248 e. The summed E-state index contributed by atoms with van der Waals surface area (Å²) in [7, 11) is 0. The van der Waals surface area contributed by atoms with Gasteiger partial charge in [-0.3, -0.25) is 0 Å². The van der Waals surface area contributed by atoms with Gasteiger partial charge in [-0.2, -0.15) is 0 Å². The number of benzene rings is 9. The quantitative estimate of drug-likeness (QED) is 0.160. The van der Waals surface area contributed by atoms with Crippen molar-refractivity contribution in [2.24, 2.45) is 0 Å². The van der Waals surface area contributed by atoms with Crippen molar-refractivity contribution in [2.75, 3.05) is 0 Å². The van der Waals surface area contributed by atoms with Crippen LogP contribution in [0.3, 0.4) is 0 Å². The van der Waals surface area contributed by atoms with Gasteiger partial charge in [0.25, 0.3) is 0 Å². The average molecular weight is 738 g/mol. The zero-order valence-corrected chi connectivity index (χ0v) is 31.5. The van der Waals surface area contributed by atoms with E-state index in [-0.39, 0.29) is 0 Å². The second kappa shape index (κ2) is 14.1. The van der Waals surface area contributed by atoms with Crippen LogP contribution in [0.2, 0.25) is 0 Å². The van der Waals surface area contributed by atoms with Crippen LogP contribution in [-0.2, 0) is 0 Å². The van der Waals surface area contributed by atoms with Crippen LogP contribution in [0.1, 0.15) is 0 Å². The predicted molar refractivity (Wildman–Crippen MR) is 242 cm³/mol. The smallest absolute Gasteiger partial charge is 0.160 e. The summed E-state index contributed by atoms with van der Waals surface area (Å²) in [5.41, 5.74) is 12.5. The van der Waals surface area contributed by atoms with E-state index in [2.05, 4.69) is 206 Å². The first kappa shape index (κ1) is 33.6. The molecule has 0 unspecified atom stereocenters. The van der Waals surface area contributed by atoms with Gasteiger partial charge in [-0.15, -0.1) is 0 Å². The lowest BCUT2D eigenvalue weighted by atomic mass is 9.92. The van der Waals surface area contributed by atoms with Crippen LogP contribution < -0.4 is 0 Å². The van der Waals surface area contributed by atoms with Gasteiger partial charge in [0, 0.05) is 27.6 Å². The highest BCUT2D eigenvalue weighted by Crippen LogP contribution is 2.39. The zero-order chi connectivity index (χ0) is 38.4. The van der Waals surface area contributed by atoms with E-state index in [0.717, 1.165) is 66.9 Å². The van der Waals surface area contributed by atoms with Gasteiger partial charge < -0.3 is 0 Å². The molecule has 0 aliphatic heterocycles. The Kier molecular flexibility index (Phi) is 8.15. The molecule has 0 amide bonds. The lowest BCUT2D eigenvalue weighted by Crippen LogP contribution is -1.97. The fraction of sp³-hybridized carbons (Fsp3) is 0. The Balaban J connectivity index is 1.03. The highest BCUT2D eigenvalue weighted by Gasteiger charge is 2.16. The predicted octanol–water partition coefficient (Wildman–Crippen LogP) is 14.5. The van der Waals surface area contributed by atoms with E-state index < -0.39 is 0 Å². The summed E-state index contributed by atoms with van der Waals surface area (Å²) in [6.45, 7) is 0. The Labute approximate surface area is 336 Å². The summed E-state index contributed by atoms with van der Waals surface area (Å²) >= 11 is 0. The topological polar surface area (TPSA) is 38.7 Å². The van der Waals surface area contributed by atoms with Crippen LogP contribution in [0.25, 0.3) is 111 Å². The maximum Gasteiger partial charge on any atom is 0.160 e. The van der Waals surface area contributed by atoms with Crippen molar-refractivity contribution in [3.05, 3.63) is 212 Å². The van der Waals surface area contributed by atoms with Crippen molar-refractivity contribution in [1.82, 2.24) is 15.0 Å². The first-order chi connectivity index (χ1) is 28.7. The lowest BCUT2D eigenvalue weighted by molar-refractivity contribution is 1.19. The number of hydrogen-bond donors (Lipinski definition) is 0. The molecule has 2 aromatic heterocycles. The Morgan fingerprint density at radius 1 is 0.259 bits per heavy atom. The molecule has 270 valence electrons. The summed E-state index contributed by atoms with van der Waals surface area (Å²) in [4.78, 5) is 15.7. The number of fused-ring (bicyclic) bond motifs is 5. The average Bonchev–Trinajstić information content (AvgIpc) is 3.31. The van der Waals surface area contributed by atoms with Crippen LogP contribution in [0, 0.1) is 0 Å². The van der Waals surface area contributed by atoms with Crippen LogP contribution >= 0.6 is 0 Å². The first-order valence-electron chi connectivity index (χ1n) is 19.7. The molecule has 2 heterocycles. The molecular formula is C55H35N3. The van der Waals surface area contributed by atoms with E-state index in [4.69, 9.17) is 15.0 Å². The van der Waals surface area contributed by atoms with Crippen LogP contribution in [0.4, 0.5) is 0 Å². The van der Waals surface area contributed by atoms with E-state index in [1.807, 2.05) is 6.07 Å². The van der Waals surface area contributed by atoms with Gasteiger partial charge in [-0.1, -0.05) is 188 Å². The third kappa shape index (κ3) is 5.98. The Hall–Kier alpha value is -7.75. The molecule has 3 heteroatoms. The minimum absolute atomic E-state index is 0.692. The standard InChI is InChI=1S/C55H35N3/c1-2-16-40(17-3-1)51-34-49(54-46-24-9-6-15-39(46)31-32-50(54)56-51)43-21-10-20-42(33-43)36-27-29-41(30-28-36)55-57-52(47-25-11-18-37-13-4-7-22-44(37)47)35-53(58-55)48-26-12-19-38-14-5-8-23-45(38)48/h1-35H. The van der Waals surface area contributed by atoms with Gasteiger partial charge in [0.15, 0.2) is 5.82 Å². The monoisotopic (exact) mass is 737 g/mol. The molecule has 11 rings (SSSR count). The van der Waals surface area contributed by atoms with Crippen LogP contribution in [-0.4, -0.2) is 15.0 Å². The molecule has 0 aliphatic rings. The van der Waals surface area contributed by atoms with E-state index in [0.29, 0.717) is 5.82 Å². The number of pyridine rings is 1. The van der Waals surface area contributed by atoms with Crippen molar-refractivity contribution < 1.29 is 0 Å². The summed E-state index contributed by atoms with van der Waals surface area (Å²) in [6, 6.07) is 75.2. The molecule has 0 N–H and O–H groups in total. The van der Waals surface area contributed by atoms with Gasteiger partial charge in [0.2, 0.25) is 0 Å². The van der Waals surface area contributed by atoms with Gasteiger partial charge in [-0.05, 0) is 78.8 Å². The third-order valence-corrected chi connectivity index (χ3v) is 11.3. The summed E-state index contributed by atoms with van der Waals surface area (Å²) in [5.74, 6) is 0.692. The van der Waals surface area contributed by atoms with Gasteiger partial charge in [-0.25, -0.2) is 15.0 Å². The normalized spacial score (nSPS) is 11.4. The molecule has 0 atom stereocenters. The molecule has 11 aromatic rings. The lowest BCUT2D eigenvalue weighted by Gasteiger charge is -2.14. The van der Waals surface area contributed by atoms with E-state index in [9.17, 15) is 0 Å². The highest BCUT2D eigenvalue weighted by molar-refractivity contribution is 6.14. The fourth-order valence-corrected chi connectivity index (χ4v) is 8.42. The molecule has 0 saturated carbocycles. The second-order valence-electron chi connectivity index (χ2n) is 14.8. The summed E-state index contributed by atoms with van der Waals surface area (Å²) in [6.07, 6.45) is 0. The molecule has 0 bridgehead atoms. The molecule has 0 fully saturated rings. The van der Waals surface area contributed by atoms with Gasteiger partial charge in [0.1, 0.15) is 0 Å². The number of nitrogens with zero attached hydrogens (tertiary/aromatic N) is 3. The van der Waals surface area contributed by atoms with Crippen LogP contribution in [0.15, 0.2) is 212 Å². The van der Waals surface area contributed by atoms with Gasteiger partial charge >= 0.3 is 0 Å². The van der Waals surface area contributed by atoms with Gasteiger partial charge in [0.05, 0.1) is 22.6 Å². The van der Waals surface area contributed by atoms with Crippen LogP contribution in [0.5, 0.6) is 0 Å². The van der Waals surface area contributed by atoms with E-state index in [1.54, 1.807) is 0 Å². The third-order valence-electron chi connectivity index (χ3n) is 11.3. The summed E-state index contributed by atoms with van der Waals surface area (Å²) in [5, 5.41) is 8.26. The van der Waals surface area contributed by atoms with E-state index >= 15 is 0 Å². The Morgan fingerprint density at radius 3 is 1.45 bits per heavy atom. The fourth-order valence-electron chi connectivity index (χ4n) is 8.42. The van der Waals surface area contributed by atoms with Crippen molar-refractivity contribution in [1.29, 1.82) is 0 Å². The second-order valence-corrected chi connectivity index (χ2v) is 14.8. The number of hydrogen-bond acceptors (Lipinski definition) is 3. The van der Waals surface area contributed by atoms with E-state index in [1.165, 1.54) is 37.9 Å². The Morgan fingerprint density at radius 2 is 0.776 bits per heavy atom. The molecule has 0 aliphatic carbocycles. The molecule has 0 radical (unpaired) electrons. The van der Waals surface area contributed by atoms with Crippen molar-refractivity contribution in [2.45, 2.75) is 0 Å².